The molecule has 1 N–H and O–H groups in total. The number of nitrogens with zero attached hydrogens (tertiary/aromatic N) is 6. The third-order valence-electron chi connectivity index (χ3n) is 4.58. The molecule has 0 amide bonds. The molecule has 0 bridgehead atoms. The van der Waals surface area contributed by atoms with Crippen molar-refractivity contribution in [3.05, 3.63) is 52.9 Å². The quantitative estimate of drug-likeness (QED) is 0.482. The number of thiazole rings is 1. The molecule has 7 nitrogen and oxygen atoms in total. The minimum Gasteiger partial charge on any atom is -0.316 e. The van der Waals surface area contributed by atoms with E-state index in [9.17, 15) is 0 Å². The van der Waals surface area contributed by atoms with Crippen molar-refractivity contribution >= 4 is 34.0 Å². The maximum atomic E-state index is 8.95. The van der Waals surface area contributed by atoms with Crippen LogP contribution in [0.15, 0.2) is 41.9 Å². The molecule has 4 heterocycles. The van der Waals surface area contributed by atoms with Crippen molar-refractivity contribution in [1.82, 2.24) is 24.8 Å². The van der Waals surface area contributed by atoms with Crippen LogP contribution in [0.25, 0.3) is 0 Å². The summed E-state index contributed by atoms with van der Waals surface area (Å²) in [5.74, 6) is 0.746. The zero-order chi connectivity index (χ0) is 19.3. The molecule has 142 valence electrons. The largest absolute Gasteiger partial charge is 0.316 e. The average molecular weight is 410 g/mol. The van der Waals surface area contributed by atoms with E-state index in [1.165, 1.54) is 11.3 Å². The monoisotopic (exact) mass is 409 g/mol. The van der Waals surface area contributed by atoms with Gasteiger partial charge in [0.25, 0.3) is 0 Å². The van der Waals surface area contributed by atoms with E-state index in [2.05, 4.69) is 37.3 Å². The standard InChI is InChI=1S/C19H19N7S2/c1-27-18-21-9-13(10-22-18)12-26-7-3-5-16(26)15-4-2-6-17(24-15)25-19-23-11-14(8-20)28-19/h2,4,6,9-11,16H,3,5,7,12H2,1H3,(H,23,24,25)/t16-/m0/s1. The molecule has 3 aromatic heterocycles. The van der Waals surface area contributed by atoms with Crippen molar-refractivity contribution in [3.8, 4) is 6.07 Å². The Morgan fingerprint density at radius 1 is 1.29 bits per heavy atom. The highest BCUT2D eigenvalue weighted by atomic mass is 32.2. The fraction of sp³-hybridized carbons (Fsp3) is 0.316. The lowest BCUT2D eigenvalue weighted by molar-refractivity contribution is 0.244. The first kappa shape index (κ1) is 18.8. The van der Waals surface area contributed by atoms with Crippen LogP contribution in [0.3, 0.4) is 0 Å². The zero-order valence-electron chi connectivity index (χ0n) is 15.4. The normalized spacial score (nSPS) is 16.8. The van der Waals surface area contributed by atoms with Gasteiger partial charge in [-0.2, -0.15) is 5.26 Å². The first-order chi connectivity index (χ1) is 13.7. The van der Waals surface area contributed by atoms with Crippen LogP contribution in [0.4, 0.5) is 10.9 Å². The van der Waals surface area contributed by atoms with Crippen LogP contribution in [-0.2, 0) is 6.54 Å². The second kappa shape index (κ2) is 8.65. The molecule has 0 radical (unpaired) electrons. The Morgan fingerprint density at radius 3 is 2.89 bits per heavy atom. The Labute approximate surface area is 171 Å². The van der Waals surface area contributed by atoms with Gasteiger partial charge in [-0.15, -0.1) is 0 Å². The molecule has 0 aliphatic carbocycles. The minimum absolute atomic E-state index is 0.271. The number of hydrogen-bond donors (Lipinski definition) is 1. The first-order valence-electron chi connectivity index (χ1n) is 8.94. The molecule has 1 fully saturated rings. The van der Waals surface area contributed by atoms with Crippen molar-refractivity contribution in [2.75, 3.05) is 18.1 Å². The fourth-order valence-corrected chi connectivity index (χ4v) is 4.25. The van der Waals surface area contributed by atoms with E-state index in [1.807, 2.05) is 30.8 Å². The topological polar surface area (TPSA) is 90.6 Å². The summed E-state index contributed by atoms with van der Waals surface area (Å²) < 4.78 is 0. The van der Waals surface area contributed by atoms with Crippen molar-refractivity contribution < 1.29 is 0 Å². The van der Waals surface area contributed by atoms with E-state index >= 15 is 0 Å². The van der Waals surface area contributed by atoms with Crippen molar-refractivity contribution in [2.45, 2.75) is 30.6 Å². The maximum absolute atomic E-state index is 8.95. The molecule has 1 atom stereocenters. The predicted molar refractivity (Wildman–Crippen MR) is 111 cm³/mol. The van der Waals surface area contributed by atoms with Crippen molar-refractivity contribution in [1.29, 1.82) is 5.26 Å². The van der Waals surface area contributed by atoms with E-state index in [1.54, 1.807) is 18.0 Å². The van der Waals surface area contributed by atoms with Gasteiger partial charge in [-0.3, -0.25) is 4.90 Å². The Bertz CT molecular complexity index is 980. The van der Waals surface area contributed by atoms with Gasteiger partial charge >= 0.3 is 0 Å². The summed E-state index contributed by atoms with van der Waals surface area (Å²) in [6.45, 7) is 1.85. The molecule has 0 aromatic carbocycles. The van der Waals surface area contributed by atoms with E-state index in [-0.39, 0.29) is 6.04 Å². The van der Waals surface area contributed by atoms with Crippen LogP contribution in [0.1, 0.15) is 35.0 Å². The van der Waals surface area contributed by atoms with E-state index < -0.39 is 0 Å². The molecule has 0 unspecified atom stereocenters. The Hall–Kier alpha value is -2.54. The molecule has 1 aliphatic heterocycles. The molecule has 0 spiro atoms. The number of pyridine rings is 1. The van der Waals surface area contributed by atoms with Gasteiger partial charge in [-0.05, 0) is 37.8 Å². The van der Waals surface area contributed by atoms with E-state index in [4.69, 9.17) is 10.2 Å². The highest BCUT2D eigenvalue weighted by molar-refractivity contribution is 7.98. The number of aromatic nitrogens is 4. The molecular weight excluding hydrogens is 390 g/mol. The third-order valence-corrected chi connectivity index (χ3v) is 5.97. The lowest BCUT2D eigenvalue weighted by atomic mass is 10.1. The molecule has 1 saturated heterocycles. The Balaban J connectivity index is 1.48. The number of anilines is 2. The summed E-state index contributed by atoms with van der Waals surface area (Å²) in [6.07, 6.45) is 9.59. The maximum Gasteiger partial charge on any atom is 0.189 e. The third kappa shape index (κ3) is 4.30. The molecule has 3 aromatic rings. The number of nitriles is 1. The van der Waals surface area contributed by atoms with Gasteiger partial charge in [-0.25, -0.2) is 19.9 Å². The number of nitrogens with one attached hydrogen (secondary N) is 1. The van der Waals surface area contributed by atoms with Gasteiger partial charge < -0.3 is 5.32 Å². The molecule has 9 heteroatoms. The van der Waals surface area contributed by atoms with Crippen molar-refractivity contribution in [3.63, 3.8) is 0 Å². The molecular formula is C19H19N7S2. The second-order valence-corrected chi connectivity index (χ2v) is 8.22. The smallest absolute Gasteiger partial charge is 0.189 e. The average Bonchev–Trinajstić information content (AvgIpc) is 3.38. The van der Waals surface area contributed by atoms with Gasteiger partial charge in [0.15, 0.2) is 10.3 Å². The number of hydrogen-bond acceptors (Lipinski definition) is 9. The minimum atomic E-state index is 0.271. The van der Waals surface area contributed by atoms with Crippen LogP contribution in [0.2, 0.25) is 0 Å². The second-order valence-electron chi connectivity index (χ2n) is 6.42. The highest BCUT2D eigenvalue weighted by Crippen LogP contribution is 2.33. The number of thioether (sulfide) groups is 1. The van der Waals surface area contributed by atoms with Crippen molar-refractivity contribution in [2.24, 2.45) is 0 Å². The summed E-state index contributed by atoms with van der Waals surface area (Å²) in [5, 5.41) is 13.6. The Morgan fingerprint density at radius 2 is 2.14 bits per heavy atom. The van der Waals surface area contributed by atoms with Crippen LogP contribution >= 0.6 is 23.1 Å². The molecule has 0 saturated carbocycles. The summed E-state index contributed by atoms with van der Waals surface area (Å²) in [5.41, 5.74) is 2.16. The van der Waals surface area contributed by atoms with Gasteiger partial charge in [0.2, 0.25) is 0 Å². The zero-order valence-corrected chi connectivity index (χ0v) is 17.0. The lowest BCUT2D eigenvalue weighted by Crippen LogP contribution is -2.23. The van der Waals surface area contributed by atoms with Gasteiger partial charge in [-0.1, -0.05) is 29.2 Å². The van der Waals surface area contributed by atoms with Gasteiger partial charge in [0.05, 0.1) is 17.9 Å². The molecule has 1 aliphatic rings. The van der Waals surface area contributed by atoms with Crippen LogP contribution in [0.5, 0.6) is 0 Å². The summed E-state index contributed by atoms with van der Waals surface area (Å²) in [6, 6.07) is 8.38. The first-order valence-corrected chi connectivity index (χ1v) is 11.0. The van der Waals surface area contributed by atoms with Crippen LogP contribution in [-0.4, -0.2) is 37.6 Å². The van der Waals surface area contributed by atoms with Gasteiger partial charge in [0, 0.05) is 24.5 Å². The summed E-state index contributed by atoms with van der Waals surface area (Å²) >= 11 is 2.87. The van der Waals surface area contributed by atoms with Crippen LogP contribution in [0, 0.1) is 11.3 Å². The molecule has 4 rings (SSSR count). The number of likely N-dealkylation sites (tertiary alicyclic amines) is 1. The van der Waals surface area contributed by atoms with E-state index in [0.717, 1.165) is 48.2 Å². The SMILES string of the molecule is CSc1ncc(CN2CCC[C@H]2c2cccc(Nc3ncc(C#N)s3)n2)cn1. The number of rotatable bonds is 6. The van der Waals surface area contributed by atoms with Crippen LogP contribution < -0.4 is 5.32 Å². The summed E-state index contributed by atoms with van der Waals surface area (Å²) in [4.78, 5) is 20.8. The fourth-order valence-electron chi connectivity index (χ4n) is 3.31. The van der Waals surface area contributed by atoms with Gasteiger partial charge in [0.1, 0.15) is 16.8 Å². The summed E-state index contributed by atoms with van der Waals surface area (Å²) in [7, 11) is 0. The molecule has 28 heavy (non-hydrogen) atoms. The highest BCUT2D eigenvalue weighted by Gasteiger charge is 2.27. The van der Waals surface area contributed by atoms with E-state index in [0.29, 0.717) is 10.0 Å². The predicted octanol–water partition coefficient (Wildman–Crippen LogP) is 4.00. The lowest BCUT2D eigenvalue weighted by Gasteiger charge is -2.24. The Kier molecular flexibility index (Phi) is 5.81.